The maximum Gasteiger partial charge on any atom is 0.216 e. The smallest absolute Gasteiger partial charge is 0.216 e. The number of methoxy groups -OCH3 is 1. The highest BCUT2D eigenvalue weighted by molar-refractivity contribution is 7.71. The minimum absolute atomic E-state index is 0.00634. The third kappa shape index (κ3) is 4.17. The van der Waals surface area contributed by atoms with E-state index in [9.17, 15) is 5.11 Å². The van der Waals surface area contributed by atoms with E-state index in [2.05, 4.69) is 21.4 Å². The Balaban J connectivity index is 1.82. The second kappa shape index (κ2) is 8.05. The van der Waals surface area contributed by atoms with Gasteiger partial charge in [-0.25, -0.2) is 5.10 Å². The van der Waals surface area contributed by atoms with Crippen LogP contribution in [0.25, 0.3) is 0 Å². The Bertz CT molecular complexity index is 1040. The SMILES string of the molecule is COc1cccc(/C=N/n2c(COc3ccc(C)cc3C)n[nH]c2=S)c1O. The van der Waals surface area contributed by atoms with Gasteiger partial charge in [0.1, 0.15) is 12.4 Å². The summed E-state index contributed by atoms with van der Waals surface area (Å²) >= 11 is 5.23. The lowest BCUT2D eigenvalue weighted by atomic mass is 10.1. The molecule has 7 nitrogen and oxygen atoms in total. The molecule has 0 amide bonds. The normalized spacial score (nSPS) is 11.1. The van der Waals surface area contributed by atoms with Crippen molar-refractivity contribution in [3.05, 3.63) is 63.7 Å². The van der Waals surface area contributed by atoms with Crippen LogP contribution >= 0.6 is 12.2 Å². The largest absolute Gasteiger partial charge is 0.504 e. The van der Waals surface area contributed by atoms with Crippen molar-refractivity contribution in [1.29, 1.82) is 0 Å². The van der Waals surface area contributed by atoms with E-state index in [4.69, 9.17) is 21.7 Å². The molecule has 8 heteroatoms. The minimum Gasteiger partial charge on any atom is -0.504 e. The highest BCUT2D eigenvalue weighted by Gasteiger charge is 2.09. The van der Waals surface area contributed by atoms with E-state index in [-0.39, 0.29) is 12.4 Å². The van der Waals surface area contributed by atoms with Gasteiger partial charge in [-0.15, -0.1) is 0 Å². The van der Waals surface area contributed by atoms with Crippen molar-refractivity contribution in [2.24, 2.45) is 5.10 Å². The first-order valence-corrected chi connectivity index (χ1v) is 8.67. The molecule has 0 atom stereocenters. The number of aromatic amines is 1. The first-order chi connectivity index (χ1) is 13.0. The molecule has 0 aliphatic rings. The van der Waals surface area contributed by atoms with Crippen LogP contribution in [-0.2, 0) is 6.61 Å². The molecular formula is C19H20N4O3S. The number of hydrogen-bond acceptors (Lipinski definition) is 6. The van der Waals surface area contributed by atoms with Gasteiger partial charge in [0, 0.05) is 5.56 Å². The molecule has 3 rings (SSSR count). The second-order valence-corrected chi connectivity index (χ2v) is 6.34. The second-order valence-electron chi connectivity index (χ2n) is 5.96. The van der Waals surface area contributed by atoms with Crippen molar-refractivity contribution in [2.75, 3.05) is 7.11 Å². The first kappa shape index (κ1) is 18.7. The van der Waals surface area contributed by atoms with E-state index in [0.717, 1.165) is 11.3 Å². The van der Waals surface area contributed by atoms with Crippen LogP contribution in [0.1, 0.15) is 22.5 Å². The van der Waals surface area contributed by atoms with Crippen LogP contribution in [0, 0.1) is 18.6 Å². The van der Waals surface area contributed by atoms with Gasteiger partial charge in [0.25, 0.3) is 0 Å². The van der Waals surface area contributed by atoms with E-state index in [1.807, 2.05) is 26.0 Å². The molecule has 0 saturated carbocycles. The van der Waals surface area contributed by atoms with E-state index in [1.54, 1.807) is 18.2 Å². The third-order valence-electron chi connectivity index (χ3n) is 3.97. The maximum absolute atomic E-state index is 10.2. The van der Waals surface area contributed by atoms with Crippen LogP contribution in [0.2, 0.25) is 0 Å². The average Bonchev–Trinajstić information content (AvgIpc) is 3.00. The molecule has 1 aromatic heterocycles. The molecule has 140 valence electrons. The van der Waals surface area contributed by atoms with E-state index < -0.39 is 0 Å². The Morgan fingerprint density at radius 3 is 2.81 bits per heavy atom. The van der Waals surface area contributed by atoms with E-state index >= 15 is 0 Å². The number of rotatable bonds is 6. The summed E-state index contributed by atoms with van der Waals surface area (Å²) in [6.45, 7) is 4.21. The Labute approximate surface area is 161 Å². The van der Waals surface area contributed by atoms with Crippen molar-refractivity contribution in [3.8, 4) is 17.2 Å². The number of aryl methyl sites for hydroxylation is 2. The van der Waals surface area contributed by atoms with Gasteiger partial charge in [-0.1, -0.05) is 23.8 Å². The molecule has 1 heterocycles. The van der Waals surface area contributed by atoms with Crippen molar-refractivity contribution < 1.29 is 14.6 Å². The molecular weight excluding hydrogens is 364 g/mol. The molecule has 0 radical (unpaired) electrons. The summed E-state index contributed by atoms with van der Waals surface area (Å²) in [7, 11) is 1.49. The number of aromatic nitrogens is 3. The van der Waals surface area contributed by atoms with Gasteiger partial charge in [-0.3, -0.25) is 0 Å². The first-order valence-electron chi connectivity index (χ1n) is 8.26. The molecule has 0 fully saturated rings. The lowest BCUT2D eigenvalue weighted by Gasteiger charge is -2.09. The van der Waals surface area contributed by atoms with Crippen LogP contribution in [0.3, 0.4) is 0 Å². The fourth-order valence-corrected chi connectivity index (χ4v) is 2.77. The lowest BCUT2D eigenvalue weighted by molar-refractivity contribution is 0.288. The molecule has 0 unspecified atom stereocenters. The van der Waals surface area contributed by atoms with Gasteiger partial charge in [0.15, 0.2) is 17.3 Å². The standard InChI is InChI=1S/C19H20N4O3S/c1-12-7-8-15(13(2)9-12)26-11-17-21-22-19(27)23(17)20-10-14-5-4-6-16(25-3)18(14)24/h4-10,24H,11H2,1-3H3,(H,22,27)/b20-10+. The molecule has 27 heavy (non-hydrogen) atoms. The molecule has 0 aliphatic heterocycles. The zero-order chi connectivity index (χ0) is 19.4. The van der Waals surface area contributed by atoms with Crippen LogP contribution in [0.15, 0.2) is 41.5 Å². The highest BCUT2D eigenvalue weighted by atomic mass is 32.1. The molecule has 3 aromatic rings. The summed E-state index contributed by atoms with van der Waals surface area (Å²) in [4.78, 5) is 0. The summed E-state index contributed by atoms with van der Waals surface area (Å²) in [5, 5.41) is 21.4. The van der Waals surface area contributed by atoms with E-state index in [1.165, 1.54) is 23.6 Å². The summed E-state index contributed by atoms with van der Waals surface area (Å²) in [5.74, 6) is 1.66. The number of benzene rings is 2. The van der Waals surface area contributed by atoms with Crippen molar-refractivity contribution in [1.82, 2.24) is 14.9 Å². The molecule has 2 N–H and O–H groups in total. The molecule has 0 saturated heterocycles. The lowest BCUT2D eigenvalue weighted by Crippen LogP contribution is -2.05. The number of phenolic OH excluding ortho intramolecular Hbond substituents is 1. The molecule has 0 spiro atoms. The van der Waals surface area contributed by atoms with Gasteiger partial charge in [0.2, 0.25) is 4.77 Å². The average molecular weight is 384 g/mol. The van der Waals surface area contributed by atoms with Gasteiger partial charge in [0.05, 0.1) is 13.3 Å². The van der Waals surface area contributed by atoms with E-state index in [0.29, 0.717) is 21.9 Å². The number of nitrogens with zero attached hydrogens (tertiary/aromatic N) is 3. The van der Waals surface area contributed by atoms with Crippen LogP contribution < -0.4 is 9.47 Å². The van der Waals surface area contributed by atoms with Crippen LogP contribution in [-0.4, -0.2) is 33.3 Å². The topological polar surface area (TPSA) is 84.7 Å². The van der Waals surface area contributed by atoms with Crippen molar-refractivity contribution in [2.45, 2.75) is 20.5 Å². The molecule has 2 aromatic carbocycles. The summed E-state index contributed by atoms with van der Waals surface area (Å²) in [6, 6.07) is 11.1. The number of H-pyrrole nitrogens is 1. The Morgan fingerprint density at radius 2 is 2.07 bits per heavy atom. The summed E-state index contributed by atoms with van der Waals surface area (Å²) in [6.07, 6.45) is 1.49. The van der Waals surface area contributed by atoms with Gasteiger partial charge in [-0.2, -0.15) is 14.9 Å². The fourth-order valence-electron chi connectivity index (χ4n) is 2.57. The Hall–Kier alpha value is -3.13. The third-order valence-corrected chi connectivity index (χ3v) is 4.23. The minimum atomic E-state index is 0.00634. The number of para-hydroxylation sites is 1. The summed E-state index contributed by atoms with van der Waals surface area (Å²) < 4.78 is 12.7. The summed E-state index contributed by atoms with van der Waals surface area (Å²) in [5.41, 5.74) is 2.71. The highest BCUT2D eigenvalue weighted by Crippen LogP contribution is 2.28. The monoisotopic (exact) mass is 384 g/mol. The van der Waals surface area contributed by atoms with Crippen molar-refractivity contribution >= 4 is 18.4 Å². The Morgan fingerprint density at radius 1 is 1.26 bits per heavy atom. The van der Waals surface area contributed by atoms with Crippen molar-refractivity contribution in [3.63, 3.8) is 0 Å². The number of hydrogen-bond donors (Lipinski definition) is 2. The quantitative estimate of drug-likeness (QED) is 0.500. The van der Waals surface area contributed by atoms with Gasteiger partial charge >= 0.3 is 0 Å². The predicted octanol–water partition coefficient (Wildman–Crippen LogP) is 3.73. The number of aromatic hydroxyl groups is 1. The maximum atomic E-state index is 10.2. The number of nitrogens with one attached hydrogen (secondary N) is 1. The van der Waals surface area contributed by atoms with Gasteiger partial charge in [-0.05, 0) is 49.8 Å². The van der Waals surface area contributed by atoms with Crippen LogP contribution in [0.4, 0.5) is 0 Å². The fraction of sp³-hybridized carbons (Fsp3) is 0.211. The molecule has 0 bridgehead atoms. The van der Waals surface area contributed by atoms with Crippen LogP contribution in [0.5, 0.6) is 17.2 Å². The van der Waals surface area contributed by atoms with Gasteiger partial charge < -0.3 is 14.6 Å². The zero-order valence-electron chi connectivity index (χ0n) is 15.3. The zero-order valence-corrected chi connectivity index (χ0v) is 16.1. The molecule has 0 aliphatic carbocycles. The Kier molecular flexibility index (Phi) is 5.56. The predicted molar refractivity (Wildman–Crippen MR) is 105 cm³/mol. The number of phenols is 1. The number of ether oxygens (including phenoxy) is 2.